The van der Waals surface area contributed by atoms with E-state index >= 15 is 0 Å². The highest BCUT2D eigenvalue weighted by molar-refractivity contribution is 6.21. The van der Waals surface area contributed by atoms with E-state index in [4.69, 9.17) is 0 Å². The molecular weight excluding hydrogens is 240 g/mol. The third-order valence-corrected chi connectivity index (χ3v) is 3.64. The summed E-state index contributed by atoms with van der Waals surface area (Å²) in [6.45, 7) is 2.29. The number of nitrogens with one attached hydrogen (secondary N) is 1. The molecule has 0 aromatic heterocycles. The van der Waals surface area contributed by atoms with E-state index in [1.807, 2.05) is 6.08 Å². The van der Waals surface area contributed by atoms with Crippen molar-refractivity contribution in [3.05, 3.63) is 47.0 Å². The van der Waals surface area contributed by atoms with Gasteiger partial charge in [0.2, 0.25) is 0 Å². The van der Waals surface area contributed by atoms with Crippen molar-refractivity contribution in [2.24, 2.45) is 0 Å². The van der Waals surface area contributed by atoms with Crippen molar-refractivity contribution in [3.63, 3.8) is 0 Å². The van der Waals surface area contributed by atoms with Crippen molar-refractivity contribution in [1.29, 1.82) is 0 Å². The van der Waals surface area contributed by atoms with Crippen LogP contribution in [0.5, 0.6) is 0 Å². The number of carbonyl (C=O) groups excluding carboxylic acids is 2. The van der Waals surface area contributed by atoms with E-state index in [-0.39, 0.29) is 11.8 Å². The molecule has 0 bridgehead atoms. The molecule has 1 saturated heterocycles. The fourth-order valence-electron chi connectivity index (χ4n) is 2.58. The first-order chi connectivity index (χ1) is 9.27. The van der Waals surface area contributed by atoms with Crippen LogP contribution in [0, 0.1) is 0 Å². The number of piperidine rings is 1. The number of imide groups is 1. The first-order valence-corrected chi connectivity index (χ1v) is 6.61. The van der Waals surface area contributed by atoms with Crippen molar-refractivity contribution >= 4 is 11.8 Å². The van der Waals surface area contributed by atoms with Gasteiger partial charge in [-0.2, -0.15) is 0 Å². The molecule has 0 radical (unpaired) electrons. The van der Waals surface area contributed by atoms with Crippen LogP contribution < -0.4 is 5.32 Å². The molecular formula is C15H16N2O2. The summed E-state index contributed by atoms with van der Waals surface area (Å²) in [6.07, 6.45) is 4.18. The van der Waals surface area contributed by atoms with Crippen LogP contribution in [0.3, 0.4) is 0 Å². The molecule has 1 aromatic rings. The molecule has 19 heavy (non-hydrogen) atoms. The van der Waals surface area contributed by atoms with Gasteiger partial charge in [0, 0.05) is 13.1 Å². The van der Waals surface area contributed by atoms with Crippen LogP contribution in [-0.4, -0.2) is 36.3 Å². The van der Waals surface area contributed by atoms with E-state index < -0.39 is 0 Å². The average Bonchev–Trinajstić information content (AvgIpc) is 2.71. The van der Waals surface area contributed by atoms with Gasteiger partial charge in [-0.15, -0.1) is 0 Å². The monoisotopic (exact) mass is 256 g/mol. The lowest BCUT2D eigenvalue weighted by molar-refractivity contribution is 0.0671. The van der Waals surface area contributed by atoms with Gasteiger partial charge in [-0.3, -0.25) is 14.5 Å². The second kappa shape index (κ2) is 4.97. The molecule has 0 atom stereocenters. The molecule has 0 spiro atoms. The van der Waals surface area contributed by atoms with Crippen LogP contribution in [-0.2, 0) is 0 Å². The van der Waals surface area contributed by atoms with E-state index in [0.29, 0.717) is 17.7 Å². The summed E-state index contributed by atoms with van der Waals surface area (Å²) < 4.78 is 0. The zero-order valence-electron chi connectivity index (χ0n) is 10.7. The van der Waals surface area contributed by atoms with Gasteiger partial charge in [-0.25, -0.2) is 0 Å². The number of fused-ring (bicyclic) bond motifs is 1. The van der Waals surface area contributed by atoms with Gasteiger partial charge in [0.15, 0.2) is 0 Å². The smallest absolute Gasteiger partial charge is 0.261 e. The van der Waals surface area contributed by atoms with Crippen molar-refractivity contribution in [2.75, 3.05) is 19.6 Å². The second-order valence-electron chi connectivity index (χ2n) is 4.91. The average molecular weight is 256 g/mol. The molecule has 0 aliphatic carbocycles. The molecule has 1 N–H and O–H groups in total. The van der Waals surface area contributed by atoms with Gasteiger partial charge < -0.3 is 5.32 Å². The van der Waals surface area contributed by atoms with Crippen LogP contribution in [0.25, 0.3) is 0 Å². The molecule has 2 aliphatic rings. The summed E-state index contributed by atoms with van der Waals surface area (Å²) in [5.74, 6) is -0.359. The normalized spacial score (nSPS) is 21.1. The Kier molecular flexibility index (Phi) is 3.17. The molecule has 4 nitrogen and oxygen atoms in total. The maximum atomic E-state index is 12.1. The molecule has 0 unspecified atom stereocenters. The Bertz CT molecular complexity index is 520. The third kappa shape index (κ3) is 2.19. The Balaban J connectivity index is 1.77. The maximum absolute atomic E-state index is 12.1. The van der Waals surface area contributed by atoms with E-state index in [1.54, 1.807) is 24.3 Å². The molecule has 0 saturated carbocycles. The van der Waals surface area contributed by atoms with Gasteiger partial charge >= 0.3 is 0 Å². The van der Waals surface area contributed by atoms with E-state index in [1.165, 1.54) is 10.5 Å². The van der Waals surface area contributed by atoms with Crippen LogP contribution >= 0.6 is 0 Å². The Morgan fingerprint density at radius 2 is 1.84 bits per heavy atom. The highest BCUT2D eigenvalue weighted by Gasteiger charge is 2.34. The van der Waals surface area contributed by atoms with Crippen molar-refractivity contribution in [3.8, 4) is 0 Å². The topological polar surface area (TPSA) is 49.4 Å². The second-order valence-corrected chi connectivity index (χ2v) is 4.91. The number of benzene rings is 1. The minimum Gasteiger partial charge on any atom is -0.313 e. The number of hydrogen-bond acceptors (Lipinski definition) is 3. The van der Waals surface area contributed by atoms with E-state index in [2.05, 4.69) is 5.32 Å². The predicted molar refractivity (Wildman–Crippen MR) is 72.0 cm³/mol. The highest BCUT2D eigenvalue weighted by atomic mass is 16.2. The van der Waals surface area contributed by atoms with Crippen molar-refractivity contribution < 1.29 is 9.59 Å². The summed E-state index contributed by atoms with van der Waals surface area (Å²) in [6, 6.07) is 7.00. The quantitative estimate of drug-likeness (QED) is 0.646. The molecule has 2 amide bonds. The van der Waals surface area contributed by atoms with E-state index in [9.17, 15) is 9.59 Å². The summed E-state index contributed by atoms with van der Waals surface area (Å²) in [7, 11) is 0. The van der Waals surface area contributed by atoms with Crippen LogP contribution in [0.2, 0.25) is 0 Å². The summed E-state index contributed by atoms with van der Waals surface area (Å²) in [5, 5.41) is 3.29. The maximum Gasteiger partial charge on any atom is 0.261 e. The van der Waals surface area contributed by atoms with Crippen molar-refractivity contribution in [1.82, 2.24) is 10.2 Å². The molecule has 1 aromatic carbocycles. The molecule has 1 fully saturated rings. The standard InChI is InChI=1S/C15H16N2O2/c18-14-12-5-1-2-6-13(12)15(19)17(14)9-7-11-4-3-8-16-10-11/h1-2,5-7,16H,3-4,8-10H2. The van der Waals surface area contributed by atoms with Crippen LogP contribution in [0.15, 0.2) is 35.9 Å². The first-order valence-electron chi connectivity index (χ1n) is 6.61. The molecule has 98 valence electrons. The van der Waals surface area contributed by atoms with Gasteiger partial charge in [0.25, 0.3) is 11.8 Å². The summed E-state index contributed by atoms with van der Waals surface area (Å²) in [5.41, 5.74) is 2.32. The fourth-order valence-corrected chi connectivity index (χ4v) is 2.58. The summed E-state index contributed by atoms with van der Waals surface area (Å²) >= 11 is 0. The number of carbonyl (C=O) groups is 2. The number of amides is 2. The molecule has 2 heterocycles. The fraction of sp³-hybridized carbons (Fsp3) is 0.333. The third-order valence-electron chi connectivity index (χ3n) is 3.64. The number of nitrogens with zero attached hydrogens (tertiary/aromatic N) is 1. The van der Waals surface area contributed by atoms with Gasteiger partial charge in [-0.05, 0) is 31.5 Å². The zero-order chi connectivity index (χ0) is 13.2. The first kappa shape index (κ1) is 12.1. The zero-order valence-corrected chi connectivity index (χ0v) is 10.7. The highest BCUT2D eigenvalue weighted by Crippen LogP contribution is 2.22. The minimum atomic E-state index is -0.179. The van der Waals surface area contributed by atoms with E-state index in [0.717, 1.165) is 25.9 Å². The van der Waals surface area contributed by atoms with Crippen LogP contribution in [0.4, 0.5) is 0 Å². The van der Waals surface area contributed by atoms with Crippen LogP contribution in [0.1, 0.15) is 33.6 Å². The number of rotatable bonds is 2. The summed E-state index contributed by atoms with van der Waals surface area (Å²) in [4.78, 5) is 25.6. The lowest BCUT2D eigenvalue weighted by Crippen LogP contribution is -2.31. The molecule has 2 aliphatic heterocycles. The predicted octanol–water partition coefficient (Wildman–Crippen LogP) is 1.59. The Morgan fingerprint density at radius 1 is 1.16 bits per heavy atom. The molecule has 4 heteroatoms. The van der Waals surface area contributed by atoms with Gasteiger partial charge in [-0.1, -0.05) is 23.8 Å². The van der Waals surface area contributed by atoms with Gasteiger partial charge in [0.1, 0.15) is 0 Å². The SMILES string of the molecule is O=C1c2ccccc2C(=O)N1CC=C1CCCNC1. The Hall–Kier alpha value is -1.94. The Labute approximate surface area is 112 Å². The lowest BCUT2D eigenvalue weighted by atomic mass is 10.1. The molecule has 3 rings (SSSR count). The minimum absolute atomic E-state index is 0.179. The van der Waals surface area contributed by atoms with Crippen molar-refractivity contribution in [2.45, 2.75) is 12.8 Å². The number of hydrogen-bond donors (Lipinski definition) is 1. The lowest BCUT2D eigenvalue weighted by Gasteiger charge is -2.17. The van der Waals surface area contributed by atoms with Gasteiger partial charge in [0.05, 0.1) is 11.1 Å². The Morgan fingerprint density at radius 3 is 2.42 bits per heavy atom. The largest absolute Gasteiger partial charge is 0.313 e.